The number of likely N-dealkylation sites (tertiary alicyclic amines) is 1. The number of phenolic OH excluding ortho intramolecular Hbond substituents is 1. The number of methoxy groups -OCH3 is 1. The van der Waals surface area contributed by atoms with Gasteiger partial charge in [0.2, 0.25) is 0 Å². The molecule has 34 heavy (non-hydrogen) atoms. The van der Waals surface area contributed by atoms with Crippen molar-refractivity contribution in [3.05, 3.63) is 59.2 Å². The minimum Gasteiger partial charge on any atom is -0.506 e. The molecule has 0 unspecified atom stereocenters. The highest BCUT2D eigenvalue weighted by molar-refractivity contribution is 6.09. The highest BCUT2D eigenvalue weighted by atomic mass is 16.5. The normalized spacial score (nSPS) is 16.9. The van der Waals surface area contributed by atoms with Crippen molar-refractivity contribution in [2.24, 2.45) is 0 Å². The number of nitrogens with zero attached hydrogens (tertiary/aromatic N) is 1. The van der Waals surface area contributed by atoms with Gasteiger partial charge in [-0.3, -0.25) is 4.79 Å². The van der Waals surface area contributed by atoms with Gasteiger partial charge in [-0.15, -0.1) is 0 Å². The summed E-state index contributed by atoms with van der Waals surface area (Å²) in [4.78, 5) is 15.3. The lowest BCUT2D eigenvalue weighted by molar-refractivity contribution is 0.104. The zero-order valence-corrected chi connectivity index (χ0v) is 20.2. The van der Waals surface area contributed by atoms with Gasteiger partial charge < -0.3 is 24.2 Å². The molecule has 2 aliphatic heterocycles. The van der Waals surface area contributed by atoms with Crippen LogP contribution in [0.4, 0.5) is 0 Å². The van der Waals surface area contributed by atoms with E-state index in [1.165, 1.54) is 32.0 Å². The van der Waals surface area contributed by atoms with Gasteiger partial charge in [0.15, 0.2) is 17.3 Å². The number of aromatic hydroxyl groups is 1. The number of carbonyl (C=O) groups excluding carboxylic acids is 1. The Balaban J connectivity index is 1.42. The Morgan fingerprint density at radius 2 is 1.97 bits per heavy atom. The average Bonchev–Trinajstić information content (AvgIpc) is 3.33. The topological polar surface area (TPSA) is 68.2 Å². The first kappa shape index (κ1) is 23.9. The first-order valence-corrected chi connectivity index (χ1v) is 11.9. The fraction of sp³-hybridized carbons (Fsp3) is 0.393. The third kappa shape index (κ3) is 5.62. The van der Waals surface area contributed by atoms with Crippen molar-refractivity contribution in [2.75, 3.05) is 33.4 Å². The third-order valence-electron chi connectivity index (χ3n) is 6.16. The summed E-state index contributed by atoms with van der Waals surface area (Å²) < 4.78 is 17.3. The number of benzene rings is 2. The molecule has 0 aliphatic carbocycles. The van der Waals surface area contributed by atoms with Crippen LogP contribution in [0.1, 0.15) is 54.6 Å². The molecule has 0 aromatic heterocycles. The smallest absolute Gasteiger partial charge is 0.189 e. The van der Waals surface area contributed by atoms with Gasteiger partial charge in [-0.2, -0.15) is 0 Å². The maximum Gasteiger partial charge on any atom is 0.189 e. The summed E-state index contributed by atoms with van der Waals surface area (Å²) in [6, 6.07) is 8.89. The third-order valence-corrected chi connectivity index (χ3v) is 6.16. The lowest BCUT2D eigenvalue weighted by Crippen LogP contribution is -2.27. The van der Waals surface area contributed by atoms with E-state index in [9.17, 15) is 9.90 Å². The first-order chi connectivity index (χ1) is 16.4. The van der Waals surface area contributed by atoms with Crippen molar-refractivity contribution < 1.29 is 24.1 Å². The molecule has 180 valence electrons. The molecule has 6 nitrogen and oxygen atoms in total. The molecule has 0 atom stereocenters. The Morgan fingerprint density at radius 1 is 1.18 bits per heavy atom. The second-order valence-corrected chi connectivity index (χ2v) is 9.27. The predicted molar refractivity (Wildman–Crippen MR) is 134 cm³/mol. The number of rotatable bonds is 9. The van der Waals surface area contributed by atoms with Crippen LogP contribution in [-0.2, 0) is 0 Å². The van der Waals surface area contributed by atoms with Crippen LogP contribution in [0.25, 0.3) is 12.2 Å². The number of hydrogen-bond acceptors (Lipinski definition) is 6. The molecule has 1 fully saturated rings. The summed E-state index contributed by atoms with van der Waals surface area (Å²) in [5.41, 5.74) is 1.11. The molecule has 0 spiro atoms. The van der Waals surface area contributed by atoms with Crippen molar-refractivity contribution in [3.8, 4) is 23.0 Å². The van der Waals surface area contributed by atoms with E-state index in [0.29, 0.717) is 29.4 Å². The number of phenols is 1. The molecule has 0 radical (unpaired) electrons. The second kappa shape index (κ2) is 10.3. The fourth-order valence-electron chi connectivity index (χ4n) is 4.29. The summed E-state index contributed by atoms with van der Waals surface area (Å²) in [5.74, 6) is 1.51. The van der Waals surface area contributed by atoms with E-state index in [2.05, 4.69) is 4.90 Å². The lowest BCUT2D eigenvalue weighted by Gasteiger charge is -2.28. The van der Waals surface area contributed by atoms with Crippen molar-refractivity contribution in [3.63, 3.8) is 0 Å². The van der Waals surface area contributed by atoms with Gasteiger partial charge in [-0.25, -0.2) is 0 Å². The average molecular weight is 464 g/mol. The maximum absolute atomic E-state index is 12.8. The monoisotopic (exact) mass is 463 g/mol. The minimum atomic E-state index is -0.451. The summed E-state index contributed by atoms with van der Waals surface area (Å²) in [7, 11) is 1.61. The first-order valence-electron chi connectivity index (χ1n) is 11.9. The Labute approximate surface area is 201 Å². The molecule has 2 aliphatic rings. The van der Waals surface area contributed by atoms with Crippen LogP contribution < -0.4 is 14.2 Å². The SMILES string of the molecule is COc1ccc(/C=C/C(=O)c2ccc3c(c2O)C=CC(C)(C)O3)cc1OCCCN1CCCC1. The van der Waals surface area contributed by atoms with Crippen molar-refractivity contribution >= 4 is 17.9 Å². The van der Waals surface area contributed by atoms with E-state index in [4.69, 9.17) is 14.2 Å². The van der Waals surface area contributed by atoms with E-state index >= 15 is 0 Å². The van der Waals surface area contributed by atoms with E-state index in [1.54, 1.807) is 31.4 Å². The van der Waals surface area contributed by atoms with Crippen LogP contribution >= 0.6 is 0 Å². The highest BCUT2D eigenvalue weighted by Crippen LogP contribution is 2.38. The zero-order chi connectivity index (χ0) is 24.1. The summed E-state index contributed by atoms with van der Waals surface area (Å²) >= 11 is 0. The van der Waals surface area contributed by atoms with Gasteiger partial charge in [0.05, 0.1) is 24.8 Å². The molecule has 1 saturated heterocycles. The number of allylic oxidation sites excluding steroid dienone is 1. The molecule has 2 aromatic rings. The van der Waals surface area contributed by atoms with E-state index in [0.717, 1.165) is 18.5 Å². The predicted octanol–water partition coefficient (Wildman–Crippen LogP) is 5.35. The standard InChI is InChI=1S/C28H33NO5/c1-28(2)14-13-22-24(34-28)12-9-21(27(22)31)23(30)10-7-20-8-11-25(32-3)26(19-20)33-18-6-17-29-15-4-5-16-29/h7-14,19,31H,4-6,15-18H2,1-3H3/b10-7+. The molecule has 0 amide bonds. The van der Waals surface area contributed by atoms with Gasteiger partial charge in [0, 0.05) is 6.54 Å². The second-order valence-electron chi connectivity index (χ2n) is 9.27. The molecule has 2 aromatic carbocycles. The molecule has 0 bridgehead atoms. The number of ether oxygens (including phenoxy) is 3. The Morgan fingerprint density at radius 3 is 2.74 bits per heavy atom. The summed E-state index contributed by atoms with van der Waals surface area (Å²) in [6.07, 6.45) is 10.4. The van der Waals surface area contributed by atoms with Crippen LogP contribution in [0.2, 0.25) is 0 Å². The minimum absolute atomic E-state index is 0.0735. The van der Waals surface area contributed by atoms with Crippen LogP contribution in [-0.4, -0.2) is 54.7 Å². The van der Waals surface area contributed by atoms with Crippen LogP contribution in [0.15, 0.2) is 42.5 Å². The van der Waals surface area contributed by atoms with Crippen molar-refractivity contribution in [2.45, 2.75) is 38.7 Å². The number of hydrogen-bond donors (Lipinski definition) is 1. The molecule has 2 heterocycles. The molecule has 6 heteroatoms. The lowest BCUT2D eigenvalue weighted by atomic mass is 9.98. The Hall–Kier alpha value is -3.25. The largest absolute Gasteiger partial charge is 0.506 e. The van der Waals surface area contributed by atoms with Crippen LogP contribution in [0, 0.1) is 0 Å². The number of carbonyl (C=O) groups is 1. The maximum atomic E-state index is 12.8. The van der Waals surface area contributed by atoms with E-state index in [-0.39, 0.29) is 17.1 Å². The Bertz CT molecular complexity index is 1100. The molecule has 4 rings (SSSR count). The van der Waals surface area contributed by atoms with Crippen LogP contribution in [0.5, 0.6) is 23.0 Å². The molecule has 1 N–H and O–H groups in total. The van der Waals surface area contributed by atoms with Gasteiger partial charge in [0.1, 0.15) is 17.1 Å². The van der Waals surface area contributed by atoms with Crippen molar-refractivity contribution in [1.82, 2.24) is 4.90 Å². The summed E-state index contributed by atoms with van der Waals surface area (Å²) in [6.45, 7) is 7.88. The van der Waals surface area contributed by atoms with Gasteiger partial charge in [-0.05, 0) is 94.3 Å². The molecular formula is C28H33NO5. The van der Waals surface area contributed by atoms with E-state index in [1.807, 2.05) is 38.1 Å². The molecule has 0 saturated carbocycles. The number of fused-ring (bicyclic) bond motifs is 1. The van der Waals surface area contributed by atoms with Crippen molar-refractivity contribution in [1.29, 1.82) is 0 Å². The molecular weight excluding hydrogens is 430 g/mol. The van der Waals surface area contributed by atoms with Gasteiger partial charge in [-0.1, -0.05) is 12.1 Å². The van der Waals surface area contributed by atoms with Crippen LogP contribution in [0.3, 0.4) is 0 Å². The van der Waals surface area contributed by atoms with E-state index < -0.39 is 5.60 Å². The fourth-order valence-corrected chi connectivity index (χ4v) is 4.29. The zero-order valence-electron chi connectivity index (χ0n) is 20.2. The number of ketones is 1. The highest BCUT2D eigenvalue weighted by Gasteiger charge is 2.25. The quantitative estimate of drug-likeness (QED) is 0.307. The summed E-state index contributed by atoms with van der Waals surface area (Å²) in [5, 5.41) is 10.7. The van der Waals surface area contributed by atoms with Gasteiger partial charge >= 0.3 is 0 Å². The Kier molecular flexibility index (Phi) is 7.27. The van der Waals surface area contributed by atoms with Gasteiger partial charge in [0.25, 0.3) is 0 Å².